The van der Waals surface area contributed by atoms with Crippen LogP contribution in [0.1, 0.15) is 11.5 Å². The lowest BCUT2D eigenvalue weighted by atomic mass is 10.1. The van der Waals surface area contributed by atoms with Crippen LogP contribution in [0.4, 0.5) is 0 Å². The topological polar surface area (TPSA) is 83.3 Å². The maximum atomic E-state index is 12.3. The molecule has 0 aliphatic carbocycles. The van der Waals surface area contributed by atoms with E-state index in [9.17, 15) is 9.90 Å². The first kappa shape index (κ1) is 16.6. The highest BCUT2D eigenvalue weighted by atomic mass is 16.3. The molecule has 3 rings (SSSR count). The van der Waals surface area contributed by atoms with Crippen LogP contribution in [0.5, 0.6) is 0 Å². The van der Waals surface area contributed by atoms with Gasteiger partial charge in [0.1, 0.15) is 12.4 Å². The molecule has 0 radical (unpaired) electrons. The second-order valence-electron chi connectivity index (χ2n) is 6.23. The normalized spacial score (nSPS) is 21.1. The summed E-state index contributed by atoms with van der Waals surface area (Å²) < 4.78 is 1.81. The molecule has 2 aromatic rings. The third-order valence-electron chi connectivity index (χ3n) is 4.45. The van der Waals surface area contributed by atoms with Gasteiger partial charge >= 0.3 is 0 Å². The zero-order valence-corrected chi connectivity index (χ0v) is 13.8. The Morgan fingerprint density at radius 2 is 2.21 bits per heavy atom. The molecular weight excluding hydrogens is 306 g/mol. The molecule has 0 unspecified atom stereocenters. The fraction of sp³-hybridized carbons (Fsp3) is 0.471. The van der Waals surface area contributed by atoms with Gasteiger partial charge in [-0.15, -0.1) is 0 Å². The van der Waals surface area contributed by atoms with Gasteiger partial charge in [-0.3, -0.25) is 14.7 Å². The molecule has 2 atom stereocenters. The minimum absolute atomic E-state index is 0.0431. The van der Waals surface area contributed by atoms with Crippen molar-refractivity contribution in [1.82, 2.24) is 24.8 Å². The van der Waals surface area contributed by atoms with Crippen LogP contribution in [0, 0.1) is 12.8 Å². The Hall–Kier alpha value is -2.25. The van der Waals surface area contributed by atoms with E-state index in [1.165, 1.54) is 0 Å². The smallest absolute Gasteiger partial charge is 0.240 e. The lowest BCUT2D eigenvalue weighted by molar-refractivity contribution is -0.122. The van der Waals surface area contributed by atoms with Crippen LogP contribution in [0.3, 0.4) is 0 Å². The molecule has 2 aromatic heterocycles. The zero-order valence-electron chi connectivity index (χ0n) is 13.8. The van der Waals surface area contributed by atoms with Gasteiger partial charge in [-0.2, -0.15) is 0 Å². The van der Waals surface area contributed by atoms with Gasteiger partial charge < -0.3 is 15.0 Å². The maximum absolute atomic E-state index is 12.3. The van der Waals surface area contributed by atoms with Crippen LogP contribution in [0.2, 0.25) is 0 Å². The summed E-state index contributed by atoms with van der Waals surface area (Å²) in [4.78, 5) is 22.9. The number of likely N-dealkylation sites (tertiary alicyclic amines) is 1. The van der Waals surface area contributed by atoms with Crippen molar-refractivity contribution in [2.45, 2.75) is 26.1 Å². The zero-order chi connectivity index (χ0) is 16.9. The molecule has 1 saturated heterocycles. The van der Waals surface area contributed by atoms with Gasteiger partial charge in [-0.05, 0) is 19.1 Å². The Labute approximate surface area is 141 Å². The minimum Gasteiger partial charge on any atom is -0.396 e. The number of imidazole rings is 1. The molecule has 0 aromatic carbocycles. The maximum Gasteiger partial charge on any atom is 0.240 e. The molecule has 0 saturated carbocycles. The van der Waals surface area contributed by atoms with Crippen LogP contribution in [-0.4, -0.2) is 56.2 Å². The Kier molecular flexibility index (Phi) is 5.22. The molecule has 0 bridgehead atoms. The third-order valence-corrected chi connectivity index (χ3v) is 4.45. The van der Waals surface area contributed by atoms with E-state index in [4.69, 9.17) is 0 Å². The van der Waals surface area contributed by atoms with E-state index < -0.39 is 0 Å². The molecule has 1 fully saturated rings. The first-order valence-electron chi connectivity index (χ1n) is 8.16. The van der Waals surface area contributed by atoms with Crippen LogP contribution in [0.25, 0.3) is 0 Å². The van der Waals surface area contributed by atoms with Crippen molar-refractivity contribution in [2.75, 3.05) is 19.7 Å². The third kappa shape index (κ3) is 3.98. The minimum atomic E-state index is -0.0563. The van der Waals surface area contributed by atoms with E-state index in [0.717, 1.165) is 31.2 Å². The summed E-state index contributed by atoms with van der Waals surface area (Å²) in [5.41, 5.74) is 0.996. The van der Waals surface area contributed by atoms with E-state index in [1.807, 2.05) is 29.7 Å². The van der Waals surface area contributed by atoms with Crippen molar-refractivity contribution in [2.24, 2.45) is 5.92 Å². The highest BCUT2D eigenvalue weighted by Crippen LogP contribution is 2.18. The van der Waals surface area contributed by atoms with Crippen molar-refractivity contribution in [3.8, 4) is 0 Å². The van der Waals surface area contributed by atoms with E-state index in [0.29, 0.717) is 0 Å². The molecule has 128 valence electrons. The molecule has 7 heteroatoms. The van der Waals surface area contributed by atoms with Gasteiger partial charge in [0.05, 0.1) is 5.69 Å². The molecule has 24 heavy (non-hydrogen) atoms. The van der Waals surface area contributed by atoms with Crippen molar-refractivity contribution in [1.29, 1.82) is 0 Å². The number of hydrogen-bond acceptors (Lipinski definition) is 5. The molecule has 7 nitrogen and oxygen atoms in total. The lowest BCUT2D eigenvalue weighted by Gasteiger charge is -2.18. The molecular formula is C17H23N5O2. The number of nitrogens with one attached hydrogen (secondary N) is 1. The number of aliphatic hydroxyl groups excluding tert-OH is 1. The Morgan fingerprint density at radius 1 is 1.33 bits per heavy atom. The van der Waals surface area contributed by atoms with E-state index in [-0.39, 0.29) is 31.0 Å². The summed E-state index contributed by atoms with van der Waals surface area (Å²) >= 11 is 0. The first-order chi connectivity index (χ1) is 11.7. The van der Waals surface area contributed by atoms with Gasteiger partial charge in [0.25, 0.3) is 0 Å². The summed E-state index contributed by atoms with van der Waals surface area (Å²) in [5.74, 6) is 0.799. The van der Waals surface area contributed by atoms with E-state index in [2.05, 4.69) is 20.2 Å². The van der Waals surface area contributed by atoms with Gasteiger partial charge in [0, 0.05) is 56.8 Å². The Bertz CT molecular complexity index is 673. The summed E-state index contributed by atoms with van der Waals surface area (Å²) in [7, 11) is 0. The predicted octanol–water partition coefficient (Wildman–Crippen LogP) is 0.196. The quantitative estimate of drug-likeness (QED) is 0.791. The van der Waals surface area contributed by atoms with E-state index in [1.54, 1.807) is 18.6 Å². The molecule has 1 amide bonds. The number of hydrogen-bond donors (Lipinski definition) is 2. The van der Waals surface area contributed by atoms with Crippen molar-refractivity contribution < 1.29 is 9.90 Å². The summed E-state index contributed by atoms with van der Waals surface area (Å²) in [5, 5.41) is 12.7. The van der Waals surface area contributed by atoms with Gasteiger partial charge in [0.2, 0.25) is 5.91 Å². The number of aryl methyl sites for hydroxylation is 1. The molecule has 0 spiro atoms. The molecule has 1 aliphatic rings. The number of carbonyl (C=O) groups is 1. The Morgan fingerprint density at radius 3 is 2.88 bits per heavy atom. The number of amides is 1. The van der Waals surface area contributed by atoms with Crippen molar-refractivity contribution in [3.63, 3.8) is 0 Å². The van der Waals surface area contributed by atoms with Gasteiger partial charge in [-0.25, -0.2) is 4.98 Å². The average Bonchev–Trinajstić information content (AvgIpc) is 3.14. The summed E-state index contributed by atoms with van der Waals surface area (Å²) in [6.45, 7) is 4.38. The number of rotatable bonds is 6. The molecule has 3 heterocycles. The van der Waals surface area contributed by atoms with Crippen molar-refractivity contribution in [3.05, 3.63) is 48.3 Å². The second-order valence-corrected chi connectivity index (χ2v) is 6.23. The monoisotopic (exact) mass is 329 g/mol. The summed E-state index contributed by atoms with van der Waals surface area (Å²) in [6, 6.07) is 5.80. The average molecular weight is 329 g/mol. The largest absolute Gasteiger partial charge is 0.396 e. The van der Waals surface area contributed by atoms with Crippen LogP contribution in [0.15, 0.2) is 36.8 Å². The highest BCUT2D eigenvalue weighted by Gasteiger charge is 2.33. The fourth-order valence-electron chi connectivity index (χ4n) is 3.14. The lowest BCUT2D eigenvalue weighted by Crippen LogP contribution is -2.43. The van der Waals surface area contributed by atoms with E-state index >= 15 is 0 Å². The number of aromatic nitrogens is 3. The molecule has 1 aliphatic heterocycles. The number of aliphatic hydroxyl groups is 1. The van der Waals surface area contributed by atoms with Crippen molar-refractivity contribution >= 4 is 5.91 Å². The van der Waals surface area contributed by atoms with Crippen LogP contribution >= 0.6 is 0 Å². The van der Waals surface area contributed by atoms with Gasteiger partial charge in [0.15, 0.2) is 0 Å². The first-order valence-corrected chi connectivity index (χ1v) is 8.16. The predicted molar refractivity (Wildman–Crippen MR) is 89.0 cm³/mol. The fourth-order valence-corrected chi connectivity index (χ4v) is 3.14. The van der Waals surface area contributed by atoms with Gasteiger partial charge in [-0.1, -0.05) is 6.07 Å². The Balaban J connectivity index is 1.56. The van der Waals surface area contributed by atoms with Crippen LogP contribution in [-0.2, 0) is 17.9 Å². The number of pyridine rings is 1. The standard InChI is InChI=1S/C17H23N5O2/c1-13-18-6-7-22(13)11-17(24)20-16-10-21(8-14(16)12-23)9-15-4-2-3-5-19-15/h2-7,14,16,23H,8-12H2,1H3,(H,20,24)/t14-,16+/m0/s1. The highest BCUT2D eigenvalue weighted by molar-refractivity contribution is 5.76. The van der Waals surface area contributed by atoms with Crippen LogP contribution < -0.4 is 5.32 Å². The summed E-state index contributed by atoms with van der Waals surface area (Å²) in [6.07, 6.45) is 5.26. The number of carbonyl (C=O) groups excluding carboxylic acids is 1. The number of nitrogens with zero attached hydrogens (tertiary/aromatic N) is 4. The second kappa shape index (κ2) is 7.55. The SMILES string of the molecule is Cc1nccn1CC(=O)N[C@@H]1CN(Cc2ccccn2)C[C@H]1CO. The molecule has 2 N–H and O–H groups in total.